The van der Waals surface area contributed by atoms with Crippen molar-refractivity contribution < 1.29 is 32.6 Å². The molecule has 0 fully saturated rings. The number of amides is 1. The molecule has 152 valence electrons. The number of nitrogens with one attached hydrogen (secondary N) is 1. The van der Waals surface area contributed by atoms with Crippen LogP contribution < -0.4 is 5.32 Å². The molecule has 0 spiro atoms. The minimum absolute atomic E-state index is 0.0128. The highest BCUT2D eigenvalue weighted by molar-refractivity contribution is 6.11. The van der Waals surface area contributed by atoms with E-state index in [4.69, 9.17) is 4.74 Å². The molecule has 0 aliphatic rings. The van der Waals surface area contributed by atoms with Gasteiger partial charge in [-0.3, -0.25) is 0 Å². The molecule has 0 aliphatic heterocycles. The smallest absolute Gasteiger partial charge is 0.416 e. The summed E-state index contributed by atoms with van der Waals surface area (Å²) >= 11 is 0. The second-order valence-electron chi connectivity index (χ2n) is 6.28. The van der Waals surface area contributed by atoms with E-state index in [-0.39, 0.29) is 23.1 Å². The van der Waals surface area contributed by atoms with Crippen molar-refractivity contribution in [3.8, 4) is 5.88 Å². The van der Waals surface area contributed by atoms with Crippen molar-refractivity contribution >= 4 is 28.6 Å². The summed E-state index contributed by atoms with van der Waals surface area (Å²) < 4.78 is 45.0. The molecule has 2 aromatic carbocycles. The quantitative estimate of drug-likeness (QED) is 0.605. The maximum atomic E-state index is 13.2. The standard InChI is InChI=1S/C20H17F3N2O4/c1-3-29-18(27)16-14-9-6-12(20(21,22)23)10-15(14)25(17(16)26)19(28)24-13-7-4-11(2)5-8-13/h4-10,26H,3H2,1-2H3,(H,24,28). The number of esters is 1. The largest absolute Gasteiger partial charge is 0.493 e. The fraction of sp³-hybridized carbons (Fsp3) is 0.200. The third kappa shape index (κ3) is 3.89. The van der Waals surface area contributed by atoms with Gasteiger partial charge in [0.1, 0.15) is 5.56 Å². The molecule has 0 saturated heterocycles. The van der Waals surface area contributed by atoms with Crippen molar-refractivity contribution in [2.45, 2.75) is 20.0 Å². The van der Waals surface area contributed by atoms with Gasteiger partial charge in [-0.2, -0.15) is 13.2 Å². The van der Waals surface area contributed by atoms with Gasteiger partial charge in [0.15, 0.2) is 0 Å². The number of carbonyl (C=O) groups excluding carboxylic acids is 2. The zero-order chi connectivity index (χ0) is 21.3. The molecule has 0 radical (unpaired) electrons. The van der Waals surface area contributed by atoms with E-state index >= 15 is 0 Å². The second-order valence-corrected chi connectivity index (χ2v) is 6.28. The molecule has 3 aromatic rings. The van der Waals surface area contributed by atoms with E-state index in [1.807, 2.05) is 6.92 Å². The summed E-state index contributed by atoms with van der Waals surface area (Å²) in [6.45, 7) is 3.38. The van der Waals surface area contributed by atoms with Crippen LogP contribution in [0.25, 0.3) is 10.9 Å². The molecule has 1 amide bonds. The highest BCUT2D eigenvalue weighted by Gasteiger charge is 2.33. The number of ether oxygens (including phenoxy) is 1. The van der Waals surface area contributed by atoms with E-state index in [0.717, 1.165) is 17.7 Å². The van der Waals surface area contributed by atoms with Crippen molar-refractivity contribution in [3.63, 3.8) is 0 Å². The molecule has 9 heteroatoms. The van der Waals surface area contributed by atoms with Crippen LogP contribution in [0.3, 0.4) is 0 Å². The van der Waals surface area contributed by atoms with Crippen molar-refractivity contribution in [2.24, 2.45) is 0 Å². The topological polar surface area (TPSA) is 80.6 Å². The van der Waals surface area contributed by atoms with Crippen molar-refractivity contribution in [1.29, 1.82) is 0 Å². The number of nitrogens with zero attached hydrogens (tertiary/aromatic N) is 1. The fourth-order valence-corrected chi connectivity index (χ4v) is 2.88. The van der Waals surface area contributed by atoms with Gasteiger partial charge in [-0.25, -0.2) is 14.2 Å². The number of hydrogen-bond donors (Lipinski definition) is 2. The molecule has 2 N–H and O–H groups in total. The van der Waals surface area contributed by atoms with Gasteiger partial charge >= 0.3 is 18.2 Å². The first kappa shape index (κ1) is 20.2. The van der Waals surface area contributed by atoms with Gasteiger partial charge in [0.25, 0.3) is 0 Å². The van der Waals surface area contributed by atoms with E-state index in [1.54, 1.807) is 31.2 Å². The summed E-state index contributed by atoms with van der Waals surface area (Å²) in [4.78, 5) is 25.0. The number of rotatable bonds is 3. The number of carbonyl (C=O) groups is 2. The second kappa shape index (κ2) is 7.50. The summed E-state index contributed by atoms with van der Waals surface area (Å²) in [6.07, 6.45) is -4.67. The average molecular weight is 406 g/mol. The Morgan fingerprint density at radius 3 is 2.38 bits per heavy atom. The van der Waals surface area contributed by atoms with Crippen LogP contribution in [-0.2, 0) is 10.9 Å². The normalized spacial score (nSPS) is 11.5. The van der Waals surface area contributed by atoms with Crippen LogP contribution in [0.15, 0.2) is 42.5 Å². The minimum Gasteiger partial charge on any atom is -0.493 e. The molecule has 0 bridgehead atoms. The Morgan fingerprint density at radius 1 is 1.14 bits per heavy atom. The molecule has 1 aromatic heterocycles. The first-order chi connectivity index (χ1) is 13.6. The minimum atomic E-state index is -4.67. The van der Waals surface area contributed by atoms with E-state index in [9.17, 15) is 27.9 Å². The first-order valence-corrected chi connectivity index (χ1v) is 8.63. The number of fused-ring (bicyclic) bond motifs is 1. The molecule has 29 heavy (non-hydrogen) atoms. The van der Waals surface area contributed by atoms with Gasteiger partial charge in [-0.15, -0.1) is 0 Å². The van der Waals surface area contributed by atoms with Gasteiger partial charge in [0.05, 0.1) is 17.7 Å². The Hall–Kier alpha value is -3.49. The van der Waals surface area contributed by atoms with Crippen LogP contribution >= 0.6 is 0 Å². The van der Waals surface area contributed by atoms with Gasteiger partial charge in [-0.1, -0.05) is 23.8 Å². The Bertz CT molecular complexity index is 1090. The third-order valence-corrected chi connectivity index (χ3v) is 4.26. The third-order valence-electron chi connectivity index (χ3n) is 4.26. The summed E-state index contributed by atoms with van der Waals surface area (Å²) in [5.41, 5.74) is -0.370. The molecule has 1 heterocycles. The molecular weight excluding hydrogens is 389 g/mol. The van der Waals surface area contributed by atoms with Crippen LogP contribution in [0.1, 0.15) is 28.4 Å². The lowest BCUT2D eigenvalue weighted by molar-refractivity contribution is -0.137. The molecule has 6 nitrogen and oxygen atoms in total. The van der Waals surface area contributed by atoms with Gasteiger partial charge in [0, 0.05) is 11.1 Å². The van der Waals surface area contributed by atoms with Crippen LogP contribution in [0.4, 0.5) is 23.7 Å². The summed E-state index contributed by atoms with van der Waals surface area (Å²) in [5.74, 6) is -1.75. The number of aromatic nitrogens is 1. The van der Waals surface area contributed by atoms with Crippen LogP contribution in [0, 0.1) is 6.92 Å². The molecule has 0 unspecified atom stereocenters. The molecular formula is C20H17F3N2O4. The zero-order valence-corrected chi connectivity index (χ0v) is 15.5. The Balaban J connectivity index is 2.17. The van der Waals surface area contributed by atoms with E-state index in [2.05, 4.69) is 5.32 Å². The lowest BCUT2D eigenvalue weighted by Gasteiger charge is -2.10. The highest BCUT2D eigenvalue weighted by atomic mass is 19.4. The number of hydrogen-bond acceptors (Lipinski definition) is 4. The Kier molecular flexibility index (Phi) is 5.23. The van der Waals surface area contributed by atoms with Gasteiger partial charge in [0.2, 0.25) is 5.88 Å². The number of aromatic hydroxyl groups is 1. The van der Waals surface area contributed by atoms with Gasteiger partial charge in [-0.05, 0) is 38.1 Å². The summed E-state index contributed by atoms with van der Waals surface area (Å²) in [5, 5.41) is 13.0. The van der Waals surface area contributed by atoms with Crippen molar-refractivity contribution in [1.82, 2.24) is 4.57 Å². The predicted octanol–water partition coefficient (Wildman–Crippen LogP) is 4.93. The summed E-state index contributed by atoms with van der Waals surface area (Å²) in [6, 6.07) is 8.24. The molecule has 3 rings (SSSR count). The zero-order valence-electron chi connectivity index (χ0n) is 15.5. The summed E-state index contributed by atoms with van der Waals surface area (Å²) in [7, 11) is 0. The van der Waals surface area contributed by atoms with Crippen LogP contribution in [0.2, 0.25) is 0 Å². The molecule has 0 saturated carbocycles. The highest BCUT2D eigenvalue weighted by Crippen LogP contribution is 2.37. The lowest BCUT2D eigenvalue weighted by atomic mass is 10.1. The van der Waals surface area contributed by atoms with Crippen molar-refractivity contribution in [2.75, 3.05) is 11.9 Å². The molecule has 0 atom stereocenters. The SMILES string of the molecule is CCOC(=O)c1c(O)n(C(=O)Nc2ccc(C)cc2)c2cc(C(F)(F)F)ccc12. The Labute approximate surface area is 163 Å². The number of alkyl halides is 3. The maximum absolute atomic E-state index is 13.2. The van der Waals surface area contributed by atoms with E-state index in [1.165, 1.54) is 0 Å². The van der Waals surface area contributed by atoms with Crippen LogP contribution in [0.5, 0.6) is 5.88 Å². The number of benzene rings is 2. The lowest BCUT2D eigenvalue weighted by Crippen LogP contribution is -2.19. The van der Waals surface area contributed by atoms with Crippen molar-refractivity contribution in [3.05, 3.63) is 59.2 Å². The number of halogens is 3. The Morgan fingerprint density at radius 2 is 1.79 bits per heavy atom. The maximum Gasteiger partial charge on any atom is 0.416 e. The van der Waals surface area contributed by atoms with E-state index in [0.29, 0.717) is 16.3 Å². The van der Waals surface area contributed by atoms with Gasteiger partial charge < -0.3 is 15.2 Å². The first-order valence-electron chi connectivity index (χ1n) is 8.63. The monoisotopic (exact) mass is 406 g/mol. The number of anilines is 1. The molecule has 0 aliphatic carbocycles. The van der Waals surface area contributed by atoms with Crippen LogP contribution in [-0.4, -0.2) is 28.3 Å². The number of aryl methyl sites for hydroxylation is 1. The predicted molar refractivity (Wildman–Crippen MR) is 100 cm³/mol. The fourth-order valence-electron chi connectivity index (χ4n) is 2.88. The average Bonchev–Trinajstić information content (AvgIpc) is 2.94. The van der Waals surface area contributed by atoms with E-state index < -0.39 is 29.6 Å².